The van der Waals surface area contributed by atoms with E-state index in [2.05, 4.69) is 15.2 Å². The van der Waals surface area contributed by atoms with E-state index in [0.717, 1.165) is 30.8 Å². The first-order chi connectivity index (χ1) is 13.1. The van der Waals surface area contributed by atoms with Gasteiger partial charge in [0.2, 0.25) is 0 Å². The first-order valence-electron chi connectivity index (χ1n) is 7.42. The Labute approximate surface area is 165 Å². The van der Waals surface area contributed by atoms with Gasteiger partial charge in [-0.05, 0) is 6.92 Å². The molecular formula is C14H8ClF8N5S. The molecule has 0 bridgehead atoms. The summed E-state index contributed by atoms with van der Waals surface area (Å²) < 4.78 is 107. The molecule has 158 valence electrons. The Morgan fingerprint density at radius 1 is 1.07 bits per heavy atom. The lowest BCUT2D eigenvalue weighted by Gasteiger charge is -2.19. The van der Waals surface area contributed by atoms with Crippen LogP contribution in [0.1, 0.15) is 17.0 Å². The zero-order chi connectivity index (χ0) is 21.9. The molecule has 3 rings (SSSR count). The molecule has 0 N–H and O–H groups in total. The normalized spacial score (nSPS) is 13.3. The maximum absolute atomic E-state index is 13.7. The lowest BCUT2D eigenvalue weighted by atomic mass is 10.1. The maximum atomic E-state index is 13.7. The fraction of sp³-hybridized carbons (Fsp3) is 0.357. The lowest BCUT2D eigenvalue weighted by Crippen LogP contribution is -2.36. The number of nitrogens with zero attached hydrogens (tertiary/aromatic N) is 5. The van der Waals surface area contributed by atoms with Crippen LogP contribution in [0.4, 0.5) is 35.1 Å². The van der Waals surface area contributed by atoms with Crippen LogP contribution in [0.25, 0.3) is 16.4 Å². The summed E-state index contributed by atoms with van der Waals surface area (Å²) in [5.74, 6) is -6.94. The molecule has 0 radical (unpaired) electrons. The third-order valence-corrected chi connectivity index (χ3v) is 5.24. The summed E-state index contributed by atoms with van der Waals surface area (Å²) in [6.45, 7) is 1.58. The van der Waals surface area contributed by atoms with Crippen molar-refractivity contribution in [2.75, 3.05) is 0 Å². The average Bonchev–Trinajstić information content (AvgIpc) is 3.23. The predicted molar refractivity (Wildman–Crippen MR) is 86.1 cm³/mol. The van der Waals surface area contributed by atoms with Crippen LogP contribution >= 0.6 is 22.9 Å². The average molecular weight is 466 g/mol. The molecule has 3 aromatic heterocycles. The predicted octanol–water partition coefficient (Wildman–Crippen LogP) is 5.36. The number of alkyl halides is 8. The Hall–Kier alpha value is -2.22. The summed E-state index contributed by atoms with van der Waals surface area (Å²) in [5, 5.41) is 6.74. The van der Waals surface area contributed by atoms with Gasteiger partial charge in [-0.2, -0.15) is 45.3 Å². The minimum Gasteiger partial charge on any atom is -0.250 e. The molecule has 0 aliphatic rings. The molecular weight excluding hydrogens is 458 g/mol. The van der Waals surface area contributed by atoms with Crippen molar-refractivity contribution in [1.29, 1.82) is 0 Å². The third kappa shape index (κ3) is 3.58. The van der Waals surface area contributed by atoms with Crippen LogP contribution in [0.2, 0.25) is 4.34 Å². The summed E-state index contributed by atoms with van der Waals surface area (Å²) in [4.78, 5) is 4.08. The van der Waals surface area contributed by atoms with E-state index in [9.17, 15) is 35.1 Å². The highest BCUT2D eigenvalue weighted by atomic mass is 35.5. The highest BCUT2D eigenvalue weighted by Gasteiger charge is 2.64. The fourth-order valence-electron chi connectivity index (χ4n) is 2.44. The molecule has 0 fully saturated rings. The molecule has 0 spiro atoms. The van der Waals surface area contributed by atoms with Gasteiger partial charge >= 0.3 is 18.3 Å². The summed E-state index contributed by atoms with van der Waals surface area (Å²) in [6.07, 6.45) is -9.77. The van der Waals surface area contributed by atoms with Crippen LogP contribution in [0.15, 0.2) is 12.4 Å². The molecule has 0 atom stereocenters. The van der Waals surface area contributed by atoms with Crippen molar-refractivity contribution in [3.05, 3.63) is 33.7 Å². The van der Waals surface area contributed by atoms with Gasteiger partial charge in [-0.3, -0.25) is 0 Å². The second-order valence-corrected chi connectivity index (χ2v) is 7.39. The lowest BCUT2D eigenvalue weighted by molar-refractivity contribution is -0.292. The van der Waals surface area contributed by atoms with E-state index in [1.165, 1.54) is 0 Å². The number of rotatable bonds is 3. The molecule has 29 heavy (non-hydrogen) atoms. The van der Waals surface area contributed by atoms with Crippen molar-refractivity contribution in [2.24, 2.45) is 7.05 Å². The Morgan fingerprint density at radius 2 is 1.69 bits per heavy atom. The van der Waals surface area contributed by atoms with Gasteiger partial charge in [0, 0.05) is 18.8 Å². The smallest absolute Gasteiger partial charge is 0.250 e. The summed E-state index contributed by atoms with van der Waals surface area (Å²) in [5.41, 5.74) is -4.07. The zero-order valence-corrected chi connectivity index (χ0v) is 15.8. The molecule has 0 aliphatic carbocycles. The Kier molecular flexibility index (Phi) is 4.93. The molecule has 3 aromatic rings. The van der Waals surface area contributed by atoms with Crippen molar-refractivity contribution in [3.63, 3.8) is 0 Å². The first-order valence-corrected chi connectivity index (χ1v) is 8.61. The number of aromatic nitrogens is 5. The molecule has 0 amide bonds. The zero-order valence-electron chi connectivity index (χ0n) is 14.2. The standard InChI is InChI=1S/C14H8ClF8N5S/c1-5-9(15)29-10(25-5)6-3-24-28(4-6)11-7(13(18,19)20)8(26-27(11)2)12(16,17)14(21,22)23/h3-4H,1-2H3. The van der Waals surface area contributed by atoms with Crippen LogP contribution in [0.3, 0.4) is 0 Å². The number of thiazole rings is 1. The fourth-order valence-corrected chi connectivity index (χ4v) is 3.47. The van der Waals surface area contributed by atoms with Crippen molar-refractivity contribution >= 4 is 22.9 Å². The molecule has 5 nitrogen and oxygen atoms in total. The molecule has 15 heteroatoms. The van der Waals surface area contributed by atoms with Gasteiger partial charge in [0.15, 0.2) is 11.5 Å². The van der Waals surface area contributed by atoms with Gasteiger partial charge in [-0.25, -0.2) is 14.3 Å². The second kappa shape index (κ2) is 6.65. The highest BCUT2D eigenvalue weighted by molar-refractivity contribution is 7.19. The minimum atomic E-state index is -6.27. The van der Waals surface area contributed by atoms with E-state index >= 15 is 0 Å². The quantitative estimate of drug-likeness (QED) is 0.489. The van der Waals surface area contributed by atoms with Gasteiger partial charge in [-0.1, -0.05) is 11.6 Å². The Morgan fingerprint density at radius 3 is 2.17 bits per heavy atom. The second-order valence-electron chi connectivity index (χ2n) is 5.79. The van der Waals surface area contributed by atoms with E-state index in [1.54, 1.807) is 6.92 Å². The number of aryl methyl sites for hydroxylation is 2. The van der Waals surface area contributed by atoms with Crippen molar-refractivity contribution in [3.8, 4) is 16.4 Å². The number of hydrogen-bond donors (Lipinski definition) is 0. The van der Waals surface area contributed by atoms with E-state index in [1.807, 2.05) is 0 Å². The van der Waals surface area contributed by atoms with Crippen molar-refractivity contribution in [2.45, 2.75) is 25.2 Å². The minimum absolute atomic E-state index is 0.184. The van der Waals surface area contributed by atoms with Crippen LogP contribution in [0.5, 0.6) is 0 Å². The molecule has 0 saturated heterocycles. The maximum Gasteiger partial charge on any atom is 0.459 e. The van der Waals surface area contributed by atoms with Crippen LogP contribution < -0.4 is 0 Å². The van der Waals surface area contributed by atoms with E-state index in [0.29, 0.717) is 14.7 Å². The number of hydrogen-bond acceptors (Lipinski definition) is 4. The van der Waals surface area contributed by atoms with Crippen LogP contribution in [0, 0.1) is 6.92 Å². The largest absolute Gasteiger partial charge is 0.459 e. The molecule has 0 aliphatic heterocycles. The summed E-state index contributed by atoms with van der Waals surface area (Å²) in [6, 6.07) is 0. The monoisotopic (exact) mass is 465 g/mol. The van der Waals surface area contributed by atoms with E-state index < -0.39 is 35.4 Å². The van der Waals surface area contributed by atoms with Gasteiger partial charge < -0.3 is 0 Å². The Bertz CT molecular complexity index is 1040. The third-order valence-electron chi connectivity index (χ3n) is 3.74. The van der Waals surface area contributed by atoms with Gasteiger partial charge in [0.25, 0.3) is 0 Å². The van der Waals surface area contributed by atoms with Crippen molar-refractivity contribution < 1.29 is 35.1 Å². The van der Waals surface area contributed by atoms with Gasteiger partial charge in [0.1, 0.15) is 14.9 Å². The van der Waals surface area contributed by atoms with E-state index in [4.69, 9.17) is 11.6 Å². The molecule has 0 saturated carbocycles. The summed E-state index contributed by atoms with van der Waals surface area (Å²) in [7, 11) is 0.798. The number of halogens is 9. The highest BCUT2D eigenvalue weighted by Crippen LogP contribution is 2.49. The van der Waals surface area contributed by atoms with Crippen molar-refractivity contribution in [1.82, 2.24) is 24.5 Å². The van der Waals surface area contributed by atoms with Gasteiger partial charge in [0.05, 0.1) is 11.9 Å². The van der Waals surface area contributed by atoms with Gasteiger partial charge in [-0.15, -0.1) is 11.3 Å². The Balaban J connectivity index is 2.21. The topological polar surface area (TPSA) is 48.5 Å². The SMILES string of the molecule is Cc1nc(-c2cnn(-c3c(C(F)(F)F)c(C(F)(F)C(F)(F)F)nn3C)c2)sc1Cl. The summed E-state index contributed by atoms with van der Waals surface area (Å²) >= 11 is 6.88. The first kappa shape index (κ1) is 21.5. The van der Waals surface area contributed by atoms with Crippen LogP contribution in [-0.4, -0.2) is 30.7 Å². The van der Waals surface area contributed by atoms with E-state index in [-0.39, 0.29) is 15.3 Å². The van der Waals surface area contributed by atoms with Crippen LogP contribution in [-0.2, 0) is 19.1 Å². The molecule has 0 aromatic carbocycles. The molecule has 0 unspecified atom stereocenters. The molecule has 3 heterocycles.